The Kier molecular flexibility index (Phi) is 5.24. The van der Waals surface area contributed by atoms with E-state index in [1.165, 1.54) is 19.3 Å². The Labute approximate surface area is 120 Å². The molecule has 3 N–H and O–H groups in total. The lowest BCUT2D eigenvalue weighted by Gasteiger charge is -2.21. The lowest BCUT2D eigenvalue weighted by atomic mass is 10.2. The zero-order valence-electron chi connectivity index (χ0n) is 12.0. The van der Waals surface area contributed by atoms with Crippen LogP contribution in [0.15, 0.2) is 29.4 Å². The van der Waals surface area contributed by atoms with Crippen molar-refractivity contribution in [1.82, 2.24) is 4.90 Å². The van der Waals surface area contributed by atoms with Crippen molar-refractivity contribution in [3.63, 3.8) is 0 Å². The van der Waals surface area contributed by atoms with Gasteiger partial charge in [0.05, 0.1) is 0 Å². The van der Waals surface area contributed by atoms with E-state index in [1.54, 1.807) is 12.1 Å². The number of nitrogens with two attached hydrogens (primary N) is 1. The van der Waals surface area contributed by atoms with Gasteiger partial charge in [0, 0.05) is 18.2 Å². The molecule has 0 aromatic heterocycles. The van der Waals surface area contributed by atoms with Gasteiger partial charge in [-0.1, -0.05) is 12.1 Å². The van der Waals surface area contributed by atoms with E-state index in [0.29, 0.717) is 12.2 Å². The summed E-state index contributed by atoms with van der Waals surface area (Å²) >= 11 is 0. The predicted molar refractivity (Wildman–Crippen MR) is 79.3 cm³/mol. The van der Waals surface area contributed by atoms with Crippen LogP contribution < -0.4 is 10.5 Å². The number of oxime groups is 1. The van der Waals surface area contributed by atoms with Gasteiger partial charge in [0.1, 0.15) is 12.4 Å². The van der Waals surface area contributed by atoms with Crippen LogP contribution in [0.4, 0.5) is 0 Å². The van der Waals surface area contributed by atoms with Crippen LogP contribution in [0, 0.1) is 0 Å². The molecule has 1 fully saturated rings. The SMILES string of the molecule is CCCN(CCOc1ccc(/C(N)=N/O)cc1)C1CC1. The van der Waals surface area contributed by atoms with E-state index in [0.717, 1.165) is 24.9 Å². The Morgan fingerprint density at radius 1 is 1.35 bits per heavy atom. The van der Waals surface area contributed by atoms with Crippen molar-refractivity contribution in [3.8, 4) is 5.75 Å². The molecule has 1 aliphatic rings. The van der Waals surface area contributed by atoms with Gasteiger partial charge in [-0.3, -0.25) is 4.90 Å². The molecule has 2 rings (SSSR count). The summed E-state index contributed by atoms with van der Waals surface area (Å²) < 4.78 is 5.74. The third kappa shape index (κ3) is 4.13. The largest absolute Gasteiger partial charge is 0.492 e. The fraction of sp³-hybridized carbons (Fsp3) is 0.533. The van der Waals surface area contributed by atoms with Gasteiger partial charge in [0.2, 0.25) is 0 Å². The van der Waals surface area contributed by atoms with Crippen LogP contribution in [0.5, 0.6) is 5.75 Å². The molecule has 0 amide bonds. The number of benzene rings is 1. The number of rotatable bonds is 8. The maximum Gasteiger partial charge on any atom is 0.170 e. The number of hydrogen-bond acceptors (Lipinski definition) is 4. The van der Waals surface area contributed by atoms with E-state index < -0.39 is 0 Å². The van der Waals surface area contributed by atoms with Crippen LogP contribution >= 0.6 is 0 Å². The summed E-state index contributed by atoms with van der Waals surface area (Å²) in [6.45, 7) is 5.03. The number of nitrogens with zero attached hydrogens (tertiary/aromatic N) is 2. The summed E-state index contributed by atoms with van der Waals surface area (Å²) in [7, 11) is 0. The van der Waals surface area contributed by atoms with Crippen LogP contribution in [0.25, 0.3) is 0 Å². The highest BCUT2D eigenvalue weighted by atomic mass is 16.5. The molecule has 0 heterocycles. The minimum absolute atomic E-state index is 0.111. The van der Waals surface area contributed by atoms with Crippen molar-refractivity contribution >= 4 is 5.84 Å². The van der Waals surface area contributed by atoms with E-state index in [1.807, 2.05) is 12.1 Å². The standard InChI is InChI=1S/C15H23N3O2/c1-2-9-18(13-5-6-13)10-11-20-14-7-3-12(4-8-14)15(16)17-19/h3-4,7-8,13,19H,2,5-6,9-11H2,1H3,(H2,16,17). The fourth-order valence-electron chi connectivity index (χ4n) is 2.26. The smallest absolute Gasteiger partial charge is 0.170 e. The normalized spacial score (nSPS) is 15.6. The summed E-state index contributed by atoms with van der Waals surface area (Å²) in [6, 6.07) is 8.04. The maximum absolute atomic E-state index is 8.59. The van der Waals surface area contributed by atoms with Crippen LogP contribution in [-0.2, 0) is 0 Å². The molecule has 0 bridgehead atoms. The zero-order chi connectivity index (χ0) is 14.4. The average molecular weight is 277 g/mol. The lowest BCUT2D eigenvalue weighted by Crippen LogP contribution is -2.31. The monoisotopic (exact) mass is 277 g/mol. The minimum atomic E-state index is 0.111. The summed E-state index contributed by atoms with van der Waals surface area (Å²) in [5.41, 5.74) is 6.20. The Morgan fingerprint density at radius 2 is 2.05 bits per heavy atom. The number of ether oxygens (including phenoxy) is 1. The van der Waals surface area contributed by atoms with Crippen molar-refractivity contribution in [2.75, 3.05) is 19.7 Å². The number of amidine groups is 1. The molecule has 1 saturated carbocycles. The molecule has 20 heavy (non-hydrogen) atoms. The molecule has 5 heteroatoms. The zero-order valence-corrected chi connectivity index (χ0v) is 12.0. The fourth-order valence-corrected chi connectivity index (χ4v) is 2.26. The molecule has 1 aliphatic carbocycles. The third-order valence-corrected chi connectivity index (χ3v) is 3.48. The first-order valence-electron chi connectivity index (χ1n) is 7.19. The van der Waals surface area contributed by atoms with Crippen molar-refractivity contribution in [2.24, 2.45) is 10.9 Å². The topological polar surface area (TPSA) is 71.1 Å². The summed E-state index contributed by atoms with van der Waals surface area (Å²) in [6.07, 6.45) is 3.84. The highest BCUT2D eigenvalue weighted by Gasteiger charge is 2.27. The third-order valence-electron chi connectivity index (χ3n) is 3.48. The van der Waals surface area contributed by atoms with Gasteiger partial charge in [0.25, 0.3) is 0 Å². The molecule has 0 atom stereocenters. The van der Waals surface area contributed by atoms with Crippen molar-refractivity contribution in [1.29, 1.82) is 0 Å². The molecule has 1 aromatic rings. The van der Waals surface area contributed by atoms with Crippen molar-refractivity contribution in [2.45, 2.75) is 32.2 Å². The van der Waals surface area contributed by atoms with E-state index in [-0.39, 0.29) is 5.84 Å². The van der Waals surface area contributed by atoms with Crippen molar-refractivity contribution in [3.05, 3.63) is 29.8 Å². The summed E-state index contributed by atoms with van der Waals surface area (Å²) in [4.78, 5) is 2.50. The second-order valence-electron chi connectivity index (χ2n) is 5.13. The highest BCUT2D eigenvalue weighted by molar-refractivity contribution is 5.97. The first-order chi connectivity index (χ1) is 9.74. The maximum atomic E-state index is 8.59. The summed E-state index contributed by atoms with van der Waals surface area (Å²) in [5, 5.41) is 11.6. The Hall–Kier alpha value is -1.75. The van der Waals surface area contributed by atoms with Crippen LogP contribution in [0.1, 0.15) is 31.7 Å². The number of hydrogen-bond donors (Lipinski definition) is 2. The van der Waals surface area contributed by atoms with E-state index in [2.05, 4.69) is 17.0 Å². The molecule has 0 spiro atoms. The van der Waals surface area contributed by atoms with Gasteiger partial charge in [-0.2, -0.15) is 0 Å². The molecule has 5 nitrogen and oxygen atoms in total. The van der Waals surface area contributed by atoms with Gasteiger partial charge in [0.15, 0.2) is 5.84 Å². The first kappa shape index (κ1) is 14.7. The van der Waals surface area contributed by atoms with E-state index >= 15 is 0 Å². The molecule has 110 valence electrons. The molecular weight excluding hydrogens is 254 g/mol. The van der Waals surface area contributed by atoms with Crippen LogP contribution in [-0.4, -0.2) is 41.7 Å². The quantitative estimate of drug-likeness (QED) is 0.330. The van der Waals surface area contributed by atoms with Crippen LogP contribution in [0.2, 0.25) is 0 Å². The molecule has 0 aliphatic heterocycles. The molecule has 1 aromatic carbocycles. The highest BCUT2D eigenvalue weighted by Crippen LogP contribution is 2.26. The van der Waals surface area contributed by atoms with Gasteiger partial charge in [-0.25, -0.2) is 0 Å². The van der Waals surface area contributed by atoms with Gasteiger partial charge < -0.3 is 15.7 Å². The second kappa shape index (κ2) is 7.14. The Bertz CT molecular complexity index is 441. The average Bonchev–Trinajstić information content (AvgIpc) is 3.31. The summed E-state index contributed by atoms with van der Waals surface area (Å²) in [5.74, 6) is 0.922. The van der Waals surface area contributed by atoms with E-state index in [9.17, 15) is 0 Å². The molecule has 0 saturated heterocycles. The predicted octanol–water partition coefficient (Wildman–Crippen LogP) is 2.03. The minimum Gasteiger partial charge on any atom is -0.492 e. The molecular formula is C15H23N3O2. The van der Waals surface area contributed by atoms with Gasteiger partial charge >= 0.3 is 0 Å². The molecule has 0 unspecified atom stereocenters. The van der Waals surface area contributed by atoms with Crippen molar-refractivity contribution < 1.29 is 9.94 Å². The van der Waals surface area contributed by atoms with Crippen LogP contribution in [0.3, 0.4) is 0 Å². The Balaban J connectivity index is 1.78. The molecule has 0 radical (unpaired) electrons. The van der Waals surface area contributed by atoms with E-state index in [4.69, 9.17) is 15.7 Å². The lowest BCUT2D eigenvalue weighted by molar-refractivity contribution is 0.202. The first-order valence-corrected chi connectivity index (χ1v) is 7.19. The second-order valence-corrected chi connectivity index (χ2v) is 5.13. The van der Waals surface area contributed by atoms with Gasteiger partial charge in [-0.15, -0.1) is 0 Å². The Morgan fingerprint density at radius 3 is 2.60 bits per heavy atom. The van der Waals surface area contributed by atoms with Gasteiger partial charge in [-0.05, 0) is 50.1 Å².